The molecule has 1 aromatic heterocycles. The van der Waals surface area contributed by atoms with Gasteiger partial charge in [0.1, 0.15) is 12.4 Å². The number of rotatable bonds is 6. The first kappa shape index (κ1) is 29.8. The predicted octanol–water partition coefficient (Wildman–Crippen LogP) is 6.17. The van der Waals surface area contributed by atoms with Gasteiger partial charge in [-0.3, -0.25) is 0 Å². The molecule has 13 heteroatoms. The molecule has 8 nitrogen and oxygen atoms in total. The molecular formula is C29H28ClF3N6O2S. The average Bonchev–Trinajstić information content (AvgIpc) is 2.99. The zero-order valence-electron chi connectivity index (χ0n) is 22.8. The molecule has 0 spiro atoms. The van der Waals surface area contributed by atoms with Crippen LogP contribution in [0.15, 0.2) is 53.7 Å². The molecule has 1 unspecified atom stereocenters. The van der Waals surface area contributed by atoms with E-state index in [0.29, 0.717) is 49.3 Å². The Labute approximate surface area is 251 Å². The Hall–Kier alpha value is -3.69. The molecule has 220 valence electrons. The number of amides is 1. The van der Waals surface area contributed by atoms with Gasteiger partial charge in [-0.2, -0.15) is 18.4 Å². The number of fused-ring (bicyclic) bond motifs is 1. The van der Waals surface area contributed by atoms with E-state index >= 15 is 0 Å². The fourth-order valence-electron chi connectivity index (χ4n) is 5.37. The predicted molar refractivity (Wildman–Crippen MR) is 155 cm³/mol. The van der Waals surface area contributed by atoms with Gasteiger partial charge in [-0.1, -0.05) is 59.8 Å². The lowest BCUT2D eigenvalue weighted by atomic mass is 10.0. The van der Waals surface area contributed by atoms with Crippen LogP contribution in [0.3, 0.4) is 0 Å². The molecule has 0 saturated carbocycles. The molecule has 0 N–H and O–H groups in total. The fraction of sp³-hybridized carbons (Fsp3) is 0.379. The maximum absolute atomic E-state index is 13.9. The SMILES string of the molecule is CSc1nc2c(c(N3CCN(C(=O)OCc4ccccc4)C(CC#N)C3)n1)CCN(c1cccc(Cl)c1C(F)(F)F)C2. The van der Waals surface area contributed by atoms with Crippen molar-refractivity contribution >= 4 is 41.0 Å². The Kier molecular flexibility index (Phi) is 8.99. The van der Waals surface area contributed by atoms with Crippen LogP contribution in [0.2, 0.25) is 5.02 Å². The number of nitriles is 1. The lowest BCUT2D eigenvalue weighted by Crippen LogP contribution is -2.55. The standard InChI is InChI=1S/C29H28ClF3N6O2S/c1-42-27-35-23-17-37(24-9-5-8-22(30)25(24)29(31,32)33)13-11-21(23)26(36-27)38-14-15-39(20(16-38)10-12-34)28(40)41-18-19-6-3-2-4-7-19/h2-9,20H,10-11,13-18H2,1H3. The smallest absolute Gasteiger partial charge is 0.419 e. The fourth-order valence-corrected chi connectivity index (χ4v) is 6.03. The quantitative estimate of drug-likeness (QED) is 0.240. The van der Waals surface area contributed by atoms with Crippen LogP contribution in [-0.4, -0.2) is 59.4 Å². The second-order valence-electron chi connectivity index (χ2n) is 9.96. The van der Waals surface area contributed by atoms with Crippen LogP contribution in [0.5, 0.6) is 0 Å². The Bertz CT molecular complexity index is 1490. The van der Waals surface area contributed by atoms with E-state index in [9.17, 15) is 23.2 Å². The van der Waals surface area contributed by atoms with Crippen molar-refractivity contribution in [3.05, 3.63) is 75.9 Å². The van der Waals surface area contributed by atoms with Gasteiger partial charge in [0.25, 0.3) is 0 Å². The van der Waals surface area contributed by atoms with Crippen LogP contribution >= 0.6 is 23.4 Å². The second-order valence-corrected chi connectivity index (χ2v) is 11.1. The third-order valence-corrected chi connectivity index (χ3v) is 8.23. The number of carbonyl (C=O) groups excluding carboxylic acids is 1. The highest BCUT2D eigenvalue weighted by molar-refractivity contribution is 7.98. The zero-order valence-corrected chi connectivity index (χ0v) is 24.3. The minimum Gasteiger partial charge on any atom is -0.445 e. The Morgan fingerprint density at radius 1 is 1.12 bits per heavy atom. The normalized spacial score (nSPS) is 17.0. The number of aromatic nitrogens is 2. The van der Waals surface area contributed by atoms with Crippen molar-refractivity contribution in [2.24, 2.45) is 0 Å². The van der Waals surface area contributed by atoms with Gasteiger partial charge < -0.3 is 19.4 Å². The highest BCUT2D eigenvalue weighted by Crippen LogP contribution is 2.43. The number of carbonyl (C=O) groups is 1. The van der Waals surface area contributed by atoms with E-state index in [0.717, 1.165) is 11.1 Å². The molecule has 1 atom stereocenters. The van der Waals surface area contributed by atoms with Crippen molar-refractivity contribution in [1.29, 1.82) is 5.26 Å². The Morgan fingerprint density at radius 2 is 1.90 bits per heavy atom. The van der Waals surface area contributed by atoms with E-state index in [1.54, 1.807) is 9.80 Å². The number of piperazine rings is 1. The van der Waals surface area contributed by atoms with Crippen LogP contribution in [0.1, 0.15) is 28.8 Å². The number of nitrogens with zero attached hydrogens (tertiary/aromatic N) is 6. The van der Waals surface area contributed by atoms with Gasteiger partial charge in [0.15, 0.2) is 5.16 Å². The summed E-state index contributed by atoms with van der Waals surface area (Å²) < 4.78 is 47.2. The summed E-state index contributed by atoms with van der Waals surface area (Å²) in [5.74, 6) is 0.686. The summed E-state index contributed by atoms with van der Waals surface area (Å²) in [4.78, 5) is 27.7. The number of anilines is 2. The number of benzene rings is 2. The molecule has 1 amide bonds. The maximum Gasteiger partial charge on any atom is 0.419 e. The third-order valence-electron chi connectivity index (χ3n) is 7.37. The molecule has 3 heterocycles. The van der Waals surface area contributed by atoms with E-state index < -0.39 is 23.9 Å². The van der Waals surface area contributed by atoms with E-state index in [4.69, 9.17) is 21.3 Å². The highest BCUT2D eigenvalue weighted by Gasteiger charge is 2.39. The lowest BCUT2D eigenvalue weighted by molar-refractivity contribution is -0.137. The molecule has 1 saturated heterocycles. The highest BCUT2D eigenvalue weighted by atomic mass is 35.5. The first-order valence-corrected chi connectivity index (χ1v) is 14.9. The van der Waals surface area contributed by atoms with E-state index in [1.807, 2.05) is 41.5 Å². The Morgan fingerprint density at radius 3 is 2.62 bits per heavy atom. The average molecular weight is 617 g/mol. The van der Waals surface area contributed by atoms with Crippen LogP contribution in [0.4, 0.5) is 29.5 Å². The van der Waals surface area contributed by atoms with Crippen molar-refractivity contribution in [2.45, 2.75) is 43.4 Å². The molecule has 42 heavy (non-hydrogen) atoms. The van der Waals surface area contributed by atoms with Gasteiger partial charge >= 0.3 is 12.3 Å². The number of hydrogen-bond donors (Lipinski definition) is 0. The minimum atomic E-state index is -4.60. The van der Waals surface area contributed by atoms with E-state index in [1.165, 1.54) is 30.0 Å². The lowest BCUT2D eigenvalue weighted by Gasteiger charge is -2.42. The summed E-state index contributed by atoms with van der Waals surface area (Å²) in [6, 6.07) is 15.3. The summed E-state index contributed by atoms with van der Waals surface area (Å²) in [7, 11) is 0. The minimum absolute atomic E-state index is 0.0169. The van der Waals surface area contributed by atoms with Crippen molar-refractivity contribution in [3.8, 4) is 6.07 Å². The topological polar surface area (TPSA) is 85.6 Å². The van der Waals surface area contributed by atoms with Crippen LogP contribution in [-0.2, 0) is 30.5 Å². The van der Waals surface area contributed by atoms with Crippen molar-refractivity contribution in [2.75, 3.05) is 42.2 Å². The molecule has 2 aliphatic rings. The maximum atomic E-state index is 13.9. The molecule has 2 aliphatic heterocycles. The molecule has 3 aromatic rings. The van der Waals surface area contributed by atoms with Gasteiger partial charge in [-0.05, 0) is 30.4 Å². The molecule has 0 bridgehead atoms. The monoisotopic (exact) mass is 616 g/mol. The second kappa shape index (κ2) is 12.7. The Balaban J connectivity index is 1.37. The van der Waals surface area contributed by atoms with Crippen molar-refractivity contribution < 1.29 is 22.7 Å². The van der Waals surface area contributed by atoms with Crippen LogP contribution in [0, 0.1) is 11.3 Å². The van der Waals surface area contributed by atoms with Gasteiger partial charge in [0.2, 0.25) is 0 Å². The first-order valence-electron chi connectivity index (χ1n) is 13.3. The summed E-state index contributed by atoms with van der Waals surface area (Å²) in [5.41, 5.74) is 1.53. The number of halogens is 4. The third kappa shape index (κ3) is 6.37. The zero-order chi connectivity index (χ0) is 29.9. The van der Waals surface area contributed by atoms with Gasteiger partial charge in [0, 0.05) is 31.7 Å². The summed E-state index contributed by atoms with van der Waals surface area (Å²) in [6.45, 7) is 1.76. The van der Waals surface area contributed by atoms with Gasteiger partial charge in [0.05, 0.1) is 47.0 Å². The molecule has 2 aromatic carbocycles. The van der Waals surface area contributed by atoms with E-state index in [2.05, 4.69) is 11.1 Å². The summed E-state index contributed by atoms with van der Waals surface area (Å²) in [6.07, 6.45) is -2.71. The largest absolute Gasteiger partial charge is 0.445 e. The van der Waals surface area contributed by atoms with Crippen LogP contribution in [0.25, 0.3) is 0 Å². The molecule has 5 rings (SSSR count). The number of alkyl halides is 3. The summed E-state index contributed by atoms with van der Waals surface area (Å²) >= 11 is 7.33. The summed E-state index contributed by atoms with van der Waals surface area (Å²) in [5, 5.41) is 9.67. The first-order chi connectivity index (χ1) is 20.2. The molecule has 0 radical (unpaired) electrons. The molecule has 1 fully saturated rings. The number of thioether (sulfide) groups is 1. The van der Waals surface area contributed by atoms with Crippen LogP contribution < -0.4 is 9.80 Å². The van der Waals surface area contributed by atoms with Crippen molar-refractivity contribution in [3.63, 3.8) is 0 Å². The van der Waals surface area contributed by atoms with Crippen molar-refractivity contribution in [1.82, 2.24) is 14.9 Å². The number of hydrogen-bond acceptors (Lipinski definition) is 8. The van der Waals surface area contributed by atoms with E-state index in [-0.39, 0.29) is 30.3 Å². The molecular weight excluding hydrogens is 589 g/mol. The van der Waals surface area contributed by atoms with Gasteiger partial charge in [-0.15, -0.1) is 0 Å². The molecule has 0 aliphatic carbocycles. The number of ether oxygens (including phenoxy) is 1. The van der Waals surface area contributed by atoms with Gasteiger partial charge in [-0.25, -0.2) is 14.8 Å².